The molecule has 0 aliphatic heterocycles. The number of carbonyl (C=O) groups is 2. The highest BCUT2D eigenvalue weighted by Gasteiger charge is 2.61. The van der Waals surface area contributed by atoms with Crippen LogP contribution in [0.5, 0.6) is 0 Å². The van der Waals surface area contributed by atoms with Gasteiger partial charge in [-0.15, -0.1) is 0 Å². The van der Waals surface area contributed by atoms with E-state index in [1.54, 1.807) is 38.1 Å². The van der Waals surface area contributed by atoms with Crippen molar-refractivity contribution >= 4 is 11.8 Å². The van der Waals surface area contributed by atoms with Gasteiger partial charge in [-0.25, -0.2) is 0 Å². The van der Waals surface area contributed by atoms with Crippen LogP contribution in [0.1, 0.15) is 30.9 Å². The second-order valence-corrected chi connectivity index (χ2v) is 6.10. The van der Waals surface area contributed by atoms with Crippen molar-refractivity contribution in [1.82, 2.24) is 0 Å². The van der Waals surface area contributed by atoms with Gasteiger partial charge in [0.2, 0.25) is 5.78 Å². The first-order chi connectivity index (χ1) is 12.0. The number of aliphatic hydroxyl groups is 1. The molecule has 0 heterocycles. The number of aliphatic hydroxyl groups excluding tert-OH is 1. The fourth-order valence-electron chi connectivity index (χ4n) is 3.68. The van der Waals surface area contributed by atoms with Crippen LogP contribution in [0.2, 0.25) is 0 Å². The van der Waals surface area contributed by atoms with Crippen LogP contribution in [0.15, 0.2) is 72.0 Å². The molecule has 128 valence electrons. The van der Waals surface area contributed by atoms with E-state index in [4.69, 9.17) is 4.74 Å². The number of benzene rings is 2. The van der Waals surface area contributed by atoms with Crippen molar-refractivity contribution in [2.24, 2.45) is 0 Å². The van der Waals surface area contributed by atoms with Crippen molar-refractivity contribution in [3.05, 3.63) is 83.1 Å². The largest absolute Gasteiger partial charge is 0.504 e. The molecule has 2 aromatic rings. The van der Waals surface area contributed by atoms with E-state index in [2.05, 4.69) is 0 Å². The lowest BCUT2D eigenvalue weighted by molar-refractivity contribution is -0.154. The molecule has 0 bridgehead atoms. The molecule has 25 heavy (non-hydrogen) atoms. The zero-order valence-electron chi connectivity index (χ0n) is 14.2. The summed E-state index contributed by atoms with van der Waals surface area (Å²) in [7, 11) is 0. The van der Waals surface area contributed by atoms with Crippen LogP contribution in [0.4, 0.5) is 0 Å². The molecule has 0 saturated heterocycles. The number of esters is 1. The van der Waals surface area contributed by atoms with E-state index < -0.39 is 23.1 Å². The summed E-state index contributed by atoms with van der Waals surface area (Å²) in [6.07, 6.45) is 0. The summed E-state index contributed by atoms with van der Waals surface area (Å²) in [5.41, 5.74) is 0.186. The Balaban J connectivity index is 2.31. The topological polar surface area (TPSA) is 63.6 Å². The normalized spacial score (nSPS) is 23.0. The molecule has 0 aromatic heterocycles. The van der Waals surface area contributed by atoms with E-state index in [0.29, 0.717) is 11.1 Å². The lowest BCUT2D eigenvalue weighted by atomic mass is 9.67. The maximum absolute atomic E-state index is 13.1. The van der Waals surface area contributed by atoms with Crippen LogP contribution < -0.4 is 0 Å². The lowest BCUT2D eigenvalue weighted by Gasteiger charge is -2.33. The summed E-state index contributed by atoms with van der Waals surface area (Å²) in [4.78, 5) is 26.2. The molecular formula is C21H20O4. The zero-order chi connectivity index (χ0) is 18.0. The van der Waals surface area contributed by atoms with E-state index in [1.165, 1.54) is 0 Å². The summed E-state index contributed by atoms with van der Waals surface area (Å²) in [5.74, 6) is -2.21. The molecule has 1 aliphatic carbocycles. The molecule has 0 radical (unpaired) electrons. The first-order valence-corrected chi connectivity index (χ1v) is 8.27. The standard InChI is InChI=1S/C21H20O4/c1-3-25-20(24)21(16-12-8-5-9-13-16)17(14(2)18(22)19(21)23)15-10-6-4-7-11-15/h4-13,17,22H,3H2,1-2H3/t17-,21+/m1/s1. The molecular weight excluding hydrogens is 316 g/mol. The number of ether oxygens (including phenoxy) is 1. The van der Waals surface area contributed by atoms with Gasteiger partial charge in [0.05, 0.1) is 6.61 Å². The third-order valence-corrected chi connectivity index (χ3v) is 4.77. The SMILES string of the molecule is CCOC(=O)[C@]1(c2ccccc2)C(=O)C(O)=C(C)[C@@H]1c1ccccc1. The lowest BCUT2D eigenvalue weighted by Crippen LogP contribution is -2.47. The minimum atomic E-state index is -1.60. The van der Waals surface area contributed by atoms with Gasteiger partial charge in [0.15, 0.2) is 11.2 Å². The Bertz CT molecular complexity index is 823. The van der Waals surface area contributed by atoms with Crippen molar-refractivity contribution in [1.29, 1.82) is 0 Å². The van der Waals surface area contributed by atoms with E-state index >= 15 is 0 Å². The number of rotatable bonds is 4. The number of hydrogen-bond acceptors (Lipinski definition) is 4. The maximum Gasteiger partial charge on any atom is 0.325 e. The van der Waals surface area contributed by atoms with Gasteiger partial charge in [0.25, 0.3) is 0 Å². The second kappa shape index (κ2) is 6.55. The summed E-state index contributed by atoms with van der Waals surface area (Å²) >= 11 is 0. The Morgan fingerprint density at radius 3 is 2.20 bits per heavy atom. The van der Waals surface area contributed by atoms with Crippen LogP contribution in [-0.4, -0.2) is 23.5 Å². The highest BCUT2D eigenvalue weighted by Crippen LogP contribution is 2.51. The van der Waals surface area contributed by atoms with Crippen molar-refractivity contribution in [3.63, 3.8) is 0 Å². The van der Waals surface area contributed by atoms with Crippen LogP contribution in [0.25, 0.3) is 0 Å². The third-order valence-electron chi connectivity index (χ3n) is 4.77. The van der Waals surface area contributed by atoms with Gasteiger partial charge in [-0.1, -0.05) is 60.7 Å². The molecule has 1 N–H and O–H groups in total. The highest BCUT2D eigenvalue weighted by molar-refractivity contribution is 6.20. The van der Waals surface area contributed by atoms with Crippen molar-refractivity contribution < 1.29 is 19.4 Å². The van der Waals surface area contributed by atoms with Crippen LogP contribution in [-0.2, 0) is 19.7 Å². The zero-order valence-corrected chi connectivity index (χ0v) is 14.2. The highest BCUT2D eigenvalue weighted by atomic mass is 16.5. The van der Waals surface area contributed by atoms with Crippen LogP contribution >= 0.6 is 0 Å². The Hall–Kier alpha value is -2.88. The van der Waals surface area contributed by atoms with Gasteiger partial charge in [-0.2, -0.15) is 0 Å². The summed E-state index contributed by atoms with van der Waals surface area (Å²) in [6.45, 7) is 3.55. The summed E-state index contributed by atoms with van der Waals surface area (Å²) < 4.78 is 5.30. The average Bonchev–Trinajstić information content (AvgIpc) is 2.85. The van der Waals surface area contributed by atoms with Crippen molar-refractivity contribution in [2.45, 2.75) is 25.2 Å². The predicted molar refractivity (Wildman–Crippen MR) is 94.3 cm³/mol. The van der Waals surface area contributed by atoms with Crippen LogP contribution in [0, 0.1) is 0 Å². The van der Waals surface area contributed by atoms with Gasteiger partial charge in [-0.3, -0.25) is 9.59 Å². The molecule has 4 heteroatoms. The minimum Gasteiger partial charge on any atom is -0.504 e. The maximum atomic E-state index is 13.1. The quantitative estimate of drug-likeness (QED) is 0.683. The molecule has 3 rings (SSSR count). The molecule has 1 aliphatic rings. The molecule has 2 atom stereocenters. The molecule has 0 unspecified atom stereocenters. The summed E-state index contributed by atoms with van der Waals surface area (Å²) in [6, 6.07) is 18.1. The number of Topliss-reactive ketones (excluding diaryl/α,β-unsaturated/α-hetero) is 1. The van der Waals surface area contributed by atoms with Crippen LogP contribution in [0.3, 0.4) is 0 Å². The molecule has 2 aromatic carbocycles. The molecule has 0 fully saturated rings. The van der Waals surface area contributed by atoms with Crippen molar-refractivity contribution in [2.75, 3.05) is 6.61 Å². The van der Waals surface area contributed by atoms with Crippen molar-refractivity contribution in [3.8, 4) is 0 Å². The Labute approximate surface area is 146 Å². The number of hydrogen-bond donors (Lipinski definition) is 1. The predicted octanol–water partition coefficient (Wildman–Crippen LogP) is 3.69. The summed E-state index contributed by atoms with van der Waals surface area (Å²) in [5, 5.41) is 10.4. The fraction of sp³-hybridized carbons (Fsp3) is 0.238. The minimum absolute atomic E-state index is 0.155. The van der Waals surface area contributed by atoms with Gasteiger partial charge in [0, 0.05) is 5.92 Å². The fourth-order valence-corrected chi connectivity index (χ4v) is 3.68. The van der Waals surface area contributed by atoms with Gasteiger partial charge in [0.1, 0.15) is 0 Å². The molecule has 0 spiro atoms. The Morgan fingerprint density at radius 1 is 1.08 bits per heavy atom. The van der Waals surface area contributed by atoms with Gasteiger partial charge in [-0.05, 0) is 30.5 Å². The smallest absolute Gasteiger partial charge is 0.325 e. The second-order valence-electron chi connectivity index (χ2n) is 6.10. The number of carbonyl (C=O) groups excluding carboxylic acids is 2. The number of allylic oxidation sites excluding steroid dienone is 2. The monoisotopic (exact) mass is 336 g/mol. The van der Waals surface area contributed by atoms with E-state index in [1.807, 2.05) is 36.4 Å². The molecule has 0 amide bonds. The molecule has 4 nitrogen and oxygen atoms in total. The average molecular weight is 336 g/mol. The Morgan fingerprint density at radius 2 is 1.64 bits per heavy atom. The van der Waals surface area contributed by atoms with E-state index in [0.717, 1.165) is 5.56 Å². The first-order valence-electron chi connectivity index (χ1n) is 8.27. The van der Waals surface area contributed by atoms with E-state index in [9.17, 15) is 14.7 Å². The van der Waals surface area contributed by atoms with Gasteiger partial charge < -0.3 is 9.84 Å². The van der Waals surface area contributed by atoms with Gasteiger partial charge >= 0.3 is 5.97 Å². The Kier molecular flexibility index (Phi) is 4.45. The first kappa shape index (κ1) is 17.0. The van der Waals surface area contributed by atoms with E-state index in [-0.39, 0.29) is 12.4 Å². The number of ketones is 1. The molecule has 0 saturated carbocycles. The third kappa shape index (κ3) is 2.45.